The zero-order valence-electron chi connectivity index (χ0n) is 12.3. The molecule has 0 radical (unpaired) electrons. The van der Waals surface area contributed by atoms with E-state index in [0.29, 0.717) is 13.2 Å². The van der Waals surface area contributed by atoms with Crippen LogP contribution in [0.2, 0.25) is 0 Å². The number of hydrogen-bond acceptors (Lipinski definition) is 4. The quantitative estimate of drug-likeness (QED) is 0.644. The molecule has 0 aliphatic heterocycles. The lowest BCUT2D eigenvalue weighted by molar-refractivity contribution is -0.115. The molecule has 1 aromatic rings. The van der Waals surface area contributed by atoms with Crippen LogP contribution in [0.25, 0.3) is 0 Å². The normalized spacial score (nSPS) is 10.3. The summed E-state index contributed by atoms with van der Waals surface area (Å²) in [5, 5.41) is 5.85. The highest BCUT2D eigenvalue weighted by Gasteiger charge is 2.02. The lowest BCUT2D eigenvalue weighted by atomic mass is 10.3. The molecule has 5 nitrogen and oxygen atoms in total. The summed E-state index contributed by atoms with van der Waals surface area (Å²) in [4.78, 5) is 11.7. The van der Waals surface area contributed by atoms with Gasteiger partial charge >= 0.3 is 0 Å². The van der Waals surface area contributed by atoms with Crippen LogP contribution < -0.4 is 15.4 Å². The Kier molecular flexibility index (Phi) is 8.42. The SMILES string of the molecule is CCCCOCCNCC(=O)Nc1cccc(OC)c1. The van der Waals surface area contributed by atoms with Gasteiger partial charge in [-0.2, -0.15) is 0 Å². The lowest BCUT2D eigenvalue weighted by Crippen LogP contribution is -2.30. The van der Waals surface area contributed by atoms with Crippen LogP contribution in [0.3, 0.4) is 0 Å². The maximum atomic E-state index is 11.7. The minimum absolute atomic E-state index is 0.0770. The number of rotatable bonds is 10. The molecule has 20 heavy (non-hydrogen) atoms. The second kappa shape index (κ2) is 10.2. The Hall–Kier alpha value is -1.59. The second-order valence-corrected chi connectivity index (χ2v) is 4.42. The molecule has 0 aromatic heterocycles. The first kappa shape index (κ1) is 16.5. The summed E-state index contributed by atoms with van der Waals surface area (Å²) in [5.74, 6) is 0.645. The number of nitrogens with one attached hydrogen (secondary N) is 2. The molecule has 0 atom stereocenters. The smallest absolute Gasteiger partial charge is 0.238 e. The third-order valence-corrected chi connectivity index (χ3v) is 2.70. The van der Waals surface area contributed by atoms with Crippen molar-refractivity contribution in [3.05, 3.63) is 24.3 Å². The van der Waals surface area contributed by atoms with Gasteiger partial charge in [0.15, 0.2) is 0 Å². The first-order chi connectivity index (χ1) is 9.76. The van der Waals surface area contributed by atoms with Crippen LogP contribution in [0.15, 0.2) is 24.3 Å². The summed E-state index contributed by atoms with van der Waals surface area (Å²) in [6, 6.07) is 7.28. The van der Waals surface area contributed by atoms with Gasteiger partial charge in [-0.15, -0.1) is 0 Å². The fourth-order valence-electron chi connectivity index (χ4n) is 1.60. The molecule has 1 amide bonds. The fraction of sp³-hybridized carbons (Fsp3) is 0.533. The molecule has 1 rings (SSSR count). The number of benzene rings is 1. The number of carbonyl (C=O) groups is 1. The molecule has 0 saturated carbocycles. The van der Waals surface area contributed by atoms with Crippen molar-refractivity contribution in [2.75, 3.05) is 38.7 Å². The lowest BCUT2D eigenvalue weighted by Gasteiger charge is -2.08. The van der Waals surface area contributed by atoms with Gasteiger partial charge in [-0.25, -0.2) is 0 Å². The van der Waals surface area contributed by atoms with E-state index in [1.54, 1.807) is 13.2 Å². The molecular formula is C15H24N2O3. The maximum absolute atomic E-state index is 11.7. The van der Waals surface area contributed by atoms with Gasteiger partial charge in [0, 0.05) is 24.9 Å². The van der Waals surface area contributed by atoms with Crippen LogP contribution in [0.5, 0.6) is 5.75 Å². The van der Waals surface area contributed by atoms with E-state index in [4.69, 9.17) is 9.47 Å². The summed E-state index contributed by atoms with van der Waals surface area (Å²) >= 11 is 0. The van der Waals surface area contributed by atoms with E-state index in [2.05, 4.69) is 17.6 Å². The third kappa shape index (κ3) is 7.11. The molecule has 112 valence electrons. The molecule has 0 unspecified atom stereocenters. The average molecular weight is 280 g/mol. The Balaban J connectivity index is 2.13. The van der Waals surface area contributed by atoms with Gasteiger partial charge < -0.3 is 20.1 Å². The molecular weight excluding hydrogens is 256 g/mol. The standard InChI is InChI=1S/C15H24N2O3/c1-3-4-9-20-10-8-16-12-15(18)17-13-6-5-7-14(11-13)19-2/h5-7,11,16H,3-4,8-10,12H2,1-2H3,(H,17,18). The van der Waals surface area contributed by atoms with Crippen molar-refractivity contribution in [1.29, 1.82) is 0 Å². The molecule has 5 heteroatoms. The van der Waals surface area contributed by atoms with E-state index in [9.17, 15) is 4.79 Å². The number of unbranched alkanes of at least 4 members (excludes halogenated alkanes) is 1. The molecule has 1 aromatic carbocycles. The van der Waals surface area contributed by atoms with Gasteiger partial charge in [-0.3, -0.25) is 4.79 Å². The summed E-state index contributed by atoms with van der Waals surface area (Å²) < 4.78 is 10.5. The molecule has 0 heterocycles. The number of anilines is 1. The second-order valence-electron chi connectivity index (χ2n) is 4.42. The number of hydrogen-bond donors (Lipinski definition) is 2. The predicted molar refractivity (Wildman–Crippen MR) is 80.2 cm³/mol. The number of amides is 1. The molecule has 0 fully saturated rings. The van der Waals surface area contributed by atoms with Crippen molar-refractivity contribution in [2.24, 2.45) is 0 Å². The zero-order chi connectivity index (χ0) is 14.6. The van der Waals surface area contributed by atoms with Crippen molar-refractivity contribution in [1.82, 2.24) is 5.32 Å². The van der Waals surface area contributed by atoms with Crippen molar-refractivity contribution in [3.8, 4) is 5.75 Å². The third-order valence-electron chi connectivity index (χ3n) is 2.70. The van der Waals surface area contributed by atoms with Gasteiger partial charge in [0.05, 0.1) is 20.3 Å². The summed E-state index contributed by atoms with van der Waals surface area (Å²) in [5.41, 5.74) is 0.732. The Morgan fingerprint density at radius 1 is 1.30 bits per heavy atom. The first-order valence-corrected chi connectivity index (χ1v) is 6.98. The van der Waals surface area contributed by atoms with Crippen LogP contribution >= 0.6 is 0 Å². The van der Waals surface area contributed by atoms with Gasteiger partial charge in [-0.1, -0.05) is 19.4 Å². The predicted octanol–water partition coefficient (Wildman–Crippen LogP) is 2.04. The van der Waals surface area contributed by atoms with E-state index in [1.807, 2.05) is 18.2 Å². The minimum Gasteiger partial charge on any atom is -0.497 e. The van der Waals surface area contributed by atoms with Crippen molar-refractivity contribution < 1.29 is 14.3 Å². The number of methoxy groups -OCH3 is 1. The van der Waals surface area contributed by atoms with Gasteiger partial charge in [0.25, 0.3) is 0 Å². The summed E-state index contributed by atoms with van der Waals surface area (Å²) in [7, 11) is 1.60. The van der Waals surface area contributed by atoms with Crippen LogP contribution in [0.4, 0.5) is 5.69 Å². The van der Waals surface area contributed by atoms with Crippen LogP contribution in [-0.4, -0.2) is 39.3 Å². The van der Waals surface area contributed by atoms with Crippen LogP contribution in [0, 0.1) is 0 Å². The molecule has 0 bridgehead atoms. The number of ether oxygens (including phenoxy) is 2. The fourth-order valence-corrected chi connectivity index (χ4v) is 1.60. The molecule has 0 saturated heterocycles. The minimum atomic E-state index is -0.0770. The molecule has 0 aliphatic carbocycles. The van der Waals surface area contributed by atoms with Gasteiger partial charge in [-0.05, 0) is 18.6 Å². The van der Waals surface area contributed by atoms with E-state index in [1.165, 1.54) is 0 Å². The Bertz CT molecular complexity index is 396. The summed E-state index contributed by atoms with van der Waals surface area (Å²) in [6.45, 7) is 4.49. The molecule has 0 aliphatic rings. The highest BCUT2D eigenvalue weighted by molar-refractivity contribution is 5.92. The maximum Gasteiger partial charge on any atom is 0.238 e. The van der Waals surface area contributed by atoms with E-state index < -0.39 is 0 Å². The molecule has 2 N–H and O–H groups in total. The zero-order valence-corrected chi connectivity index (χ0v) is 12.3. The van der Waals surface area contributed by atoms with E-state index in [-0.39, 0.29) is 12.5 Å². The highest BCUT2D eigenvalue weighted by atomic mass is 16.5. The average Bonchev–Trinajstić information content (AvgIpc) is 2.46. The summed E-state index contributed by atoms with van der Waals surface area (Å²) in [6.07, 6.45) is 2.21. The van der Waals surface area contributed by atoms with E-state index in [0.717, 1.165) is 30.9 Å². The van der Waals surface area contributed by atoms with Crippen molar-refractivity contribution in [3.63, 3.8) is 0 Å². The largest absolute Gasteiger partial charge is 0.497 e. The Morgan fingerprint density at radius 3 is 2.90 bits per heavy atom. The van der Waals surface area contributed by atoms with Gasteiger partial charge in [0.2, 0.25) is 5.91 Å². The monoisotopic (exact) mass is 280 g/mol. The molecule has 0 spiro atoms. The Labute approximate surface area is 120 Å². The topological polar surface area (TPSA) is 59.6 Å². The van der Waals surface area contributed by atoms with Gasteiger partial charge in [0.1, 0.15) is 5.75 Å². The highest BCUT2D eigenvalue weighted by Crippen LogP contribution is 2.16. The van der Waals surface area contributed by atoms with E-state index >= 15 is 0 Å². The van der Waals surface area contributed by atoms with Crippen molar-refractivity contribution >= 4 is 11.6 Å². The number of carbonyl (C=O) groups excluding carboxylic acids is 1. The van der Waals surface area contributed by atoms with Crippen LogP contribution in [-0.2, 0) is 9.53 Å². The van der Waals surface area contributed by atoms with Crippen LogP contribution in [0.1, 0.15) is 19.8 Å². The Morgan fingerprint density at radius 2 is 2.15 bits per heavy atom. The van der Waals surface area contributed by atoms with Crippen molar-refractivity contribution in [2.45, 2.75) is 19.8 Å². The first-order valence-electron chi connectivity index (χ1n) is 6.98.